The second kappa shape index (κ2) is 7.63. The first kappa shape index (κ1) is 19.1. The molecule has 9 nitrogen and oxygen atoms in total. The Labute approximate surface area is 170 Å². The van der Waals surface area contributed by atoms with Crippen molar-refractivity contribution in [3.05, 3.63) is 39.8 Å². The quantitative estimate of drug-likeness (QED) is 0.788. The number of ether oxygens (including phenoxy) is 3. The molecular formula is C19H19N3O6S. The molecule has 0 fully saturated rings. The van der Waals surface area contributed by atoms with Gasteiger partial charge in [-0.25, -0.2) is 4.79 Å². The molecule has 4 rings (SSSR count). The second-order valence-electron chi connectivity index (χ2n) is 6.53. The summed E-state index contributed by atoms with van der Waals surface area (Å²) in [7, 11) is 1.32. The molecule has 2 aliphatic heterocycles. The lowest BCUT2D eigenvalue weighted by Crippen LogP contribution is -2.35. The molecule has 0 radical (unpaired) electrons. The van der Waals surface area contributed by atoms with Gasteiger partial charge in [0.1, 0.15) is 18.2 Å². The molecule has 29 heavy (non-hydrogen) atoms. The van der Waals surface area contributed by atoms with Gasteiger partial charge in [-0.15, -0.1) is 11.3 Å². The number of benzene rings is 1. The highest BCUT2D eigenvalue weighted by atomic mass is 32.1. The van der Waals surface area contributed by atoms with Gasteiger partial charge < -0.3 is 30.2 Å². The number of fused-ring (bicyclic) bond motifs is 2. The van der Waals surface area contributed by atoms with Crippen molar-refractivity contribution in [1.82, 2.24) is 4.90 Å². The highest BCUT2D eigenvalue weighted by Gasteiger charge is 2.30. The van der Waals surface area contributed by atoms with Crippen LogP contribution in [-0.2, 0) is 17.7 Å². The highest BCUT2D eigenvalue weighted by Crippen LogP contribution is 2.38. The van der Waals surface area contributed by atoms with Crippen LogP contribution in [0.1, 0.15) is 31.2 Å². The van der Waals surface area contributed by atoms with Crippen LogP contribution in [0.3, 0.4) is 0 Å². The minimum Gasteiger partial charge on any atom is -0.486 e. The van der Waals surface area contributed by atoms with Gasteiger partial charge in [0.25, 0.3) is 11.8 Å². The zero-order valence-corrected chi connectivity index (χ0v) is 16.5. The summed E-state index contributed by atoms with van der Waals surface area (Å²) in [5, 5.41) is 3.15. The molecule has 3 heterocycles. The first-order chi connectivity index (χ1) is 14.0. The topological polar surface area (TPSA) is 120 Å². The van der Waals surface area contributed by atoms with E-state index >= 15 is 0 Å². The normalized spacial score (nSPS) is 14.7. The predicted octanol–water partition coefficient (Wildman–Crippen LogP) is 1.99. The smallest absolute Gasteiger partial charge is 0.409 e. The third-order valence-electron chi connectivity index (χ3n) is 4.77. The maximum absolute atomic E-state index is 12.8. The van der Waals surface area contributed by atoms with Gasteiger partial charge in [0.2, 0.25) is 0 Å². The number of amides is 3. The van der Waals surface area contributed by atoms with Crippen molar-refractivity contribution in [3.8, 4) is 11.5 Å². The number of nitrogens with two attached hydrogens (primary N) is 1. The molecular weight excluding hydrogens is 398 g/mol. The van der Waals surface area contributed by atoms with E-state index < -0.39 is 17.9 Å². The molecule has 0 saturated carbocycles. The molecule has 1 aromatic carbocycles. The van der Waals surface area contributed by atoms with Crippen molar-refractivity contribution in [2.45, 2.75) is 13.0 Å². The molecule has 0 spiro atoms. The van der Waals surface area contributed by atoms with Crippen molar-refractivity contribution in [2.24, 2.45) is 5.73 Å². The molecule has 0 bridgehead atoms. The lowest BCUT2D eigenvalue weighted by molar-refractivity contribution is 0.0999. The number of nitrogens with one attached hydrogen (secondary N) is 1. The number of hydrogen-bond acceptors (Lipinski definition) is 7. The molecule has 152 valence electrons. The summed E-state index contributed by atoms with van der Waals surface area (Å²) in [6.45, 7) is 1.58. The molecule has 10 heteroatoms. The maximum atomic E-state index is 12.8. The van der Waals surface area contributed by atoms with Gasteiger partial charge in [0.15, 0.2) is 11.5 Å². The van der Waals surface area contributed by atoms with Crippen molar-refractivity contribution in [2.75, 3.05) is 32.2 Å². The number of carbonyl (C=O) groups excluding carboxylic acids is 3. The first-order valence-electron chi connectivity index (χ1n) is 8.96. The van der Waals surface area contributed by atoms with Crippen LogP contribution in [0.5, 0.6) is 11.5 Å². The summed E-state index contributed by atoms with van der Waals surface area (Å²) >= 11 is 1.24. The van der Waals surface area contributed by atoms with E-state index in [1.807, 2.05) is 0 Å². The Morgan fingerprint density at radius 3 is 2.69 bits per heavy atom. The zero-order chi connectivity index (χ0) is 20.5. The Morgan fingerprint density at radius 2 is 1.97 bits per heavy atom. The fraction of sp³-hybridized carbons (Fsp3) is 0.316. The summed E-state index contributed by atoms with van der Waals surface area (Å²) < 4.78 is 15.7. The van der Waals surface area contributed by atoms with Crippen molar-refractivity contribution in [3.63, 3.8) is 0 Å². The highest BCUT2D eigenvalue weighted by molar-refractivity contribution is 7.17. The number of methoxy groups -OCH3 is 1. The van der Waals surface area contributed by atoms with Crippen LogP contribution >= 0.6 is 11.3 Å². The maximum Gasteiger partial charge on any atom is 0.409 e. The first-order valence-corrected chi connectivity index (χ1v) is 9.77. The Hall–Kier alpha value is -3.27. The standard InChI is InChI=1S/C19H19N3O6S/c1-26-19(25)22-5-4-11-14(9-22)29-18(15(11)16(20)23)21-17(24)10-2-3-12-13(8-10)28-7-6-27-12/h2-3,8H,4-7,9H2,1H3,(H2,20,23)(H,21,24). The van der Waals surface area contributed by atoms with E-state index in [1.165, 1.54) is 23.3 Å². The Balaban J connectivity index is 1.60. The molecule has 0 saturated heterocycles. The van der Waals surface area contributed by atoms with Crippen LogP contribution in [0, 0.1) is 0 Å². The molecule has 1 aromatic heterocycles. The Bertz CT molecular complexity index is 1000. The molecule has 2 aliphatic rings. The average Bonchev–Trinajstić information content (AvgIpc) is 3.09. The van der Waals surface area contributed by atoms with Crippen LogP contribution in [0.25, 0.3) is 0 Å². The van der Waals surface area contributed by atoms with Crippen LogP contribution in [-0.4, -0.2) is 49.7 Å². The van der Waals surface area contributed by atoms with E-state index in [2.05, 4.69) is 5.32 Å². The third-order valence-corrected chi connectivity index (χ3v) is 5.90. The Morgan fingerprint density at radius 1 is 1.21 bits per heavy atom. The van der Waals surface area contributed by atoms with Crippen molar-refractivity contribution in [1.29, 1.82) is 0 Å². The van der Waals surface area contributed by atoms with Crippen LogP contribution < -0.4 is 20.5 Å². The SMILES string of the molecule is COC(=O)N1CCc2c(sc(NC(=O)c3ccc4c(c3)OCCO4)c2C(N)=O)C1. The minimum atomic E-state index is -0.619. The van der Waals surface area contributed by atoms with Crippen molar-refractivity contribution < 1.29 is 28.6 Å². The Kier molecular flexibility index (Phi) is 5.01. The average molecular weight is 417 g/mol. The summed E-state index contributed by atoms with van der Waals surface area (Å²) in [5.74, 6) is 0.0673. The van der Waals surface area contributed by atoms with Crippen LogP contribution in [0.2, 0.25) is 0 Å². The fourth-order valence-corrected chi connectivity index (χ4v) is 4.66. The van der Waals surface area contributed by atoms with Gasteiger partial charge >= 0.3 is 6.09 Å². The molecule has 2 aromatic rings. The van der Waals surface area contributed by atoms with Gasteiger partial charge in [0.05, 0.1) is 19.2 Å². The predicted molar refractivity (Wildman–Crippen MR) is 105 cm³/mol. The number of hydrogen-bond donors (Lipinski definition) is 2. The van der Waals surface area contributed by atoms with Crippen LogP contribution in [0.15, 0.2) is 18.2 Å². The largest absolute Gasteiger partial charge is 0.486 e. The lowest BCUT2D eigenvalue weighted by Gasteiger charge is -2.25. The van der Waals surface area contributed by atoms with Gasteiger partial charge in [-0.05, 0) is 30.2 Å². The summed E-state index contributed by atoms with van der Waals surface area (Å²) in [6.07, 6.45) is 0.0191. The van der Waals surface area contributed by atoms with E-state index in [4.69, 9.17) is 19.9 Å². The zero-order valence-electron chi connectivity index (χ0n) is 15.6. The molecule has 0 aliphatic carbocycles. The van der Waals surface area contributed by atoms with Crippen molar-refractivity contribution >= 4 is 34.2 Å². The number of primary amides is 1. The number of nitrogens with zero attached hydrogens (tertiary/aromatic N) is 1. The van der Waals surface area contributed by atoms with Crippen LogP contribution in [0.4, 0.5) is 9.80 Å². The van der Waals surface area contributed by atoms with Gasteiger partial charge in [-0.1, -0.05) is 0 Å². The number of thiophene rings is 1. The van der Waals surface area contributed by atoms with Gasteiger partial charge in [0, 0.05) is 17.0 Å². The molecule has 3 amide bonds. The molecule has 0 atom stereocenters. The molecule has 3 N–H and O–H groups in total. The van der Waals surface area contributed by atoms with Gasteiger partial charge in [-0.3, -0.25) is 9.59 Å². The number of rotatable bonds is 3. The van der Waals surface area contributed by atoms with E-state index in [1.54, 1.807) is 18.2 Å². The summed E-state index contributed by atoms with van der Waals surface area (Å²) in [5.41, 5.74) is 7.01. The van der Waals surface area contributed by atoms with Gasteiger partial charge in [-0.2, -0.15) is 0 Å². The number of anilines is 1. The van der Waals surface area contributed by atoms with E-state index in [0.717, 1.165) is 10.4 Å². The fourth-order valence-electron chi connectivity index (χ4n) is 3.40. The second-order valence-corrected chi connectivity index (χ2v) is 7.63. The lowest BCUT2D eigenvalue weighted by atomic mass is 10.0. The third kappa shape index (κ3) is 3.58. The molecule has 0 unspecified atom stereocenters. The number of carbonyl (C=O) groups is 3. The van der Waals surface area contributed by atoms with E-state index in [-0.39, 0.29) is 0 Å². The monoisotopic (exact) mass is 417 g/mol. The minimum absolute atomic E-state index is 0.292. The summed E-state index contributed by atoms with van der Waals surface area (Å²) in [6, 6.07) is 4.89. The van der Waals surface area contributed by atoms with E-state index in [9.17, 15) is 14.4 Å². The summed E-state index contributed by atoms with van der Waals surface area (Å²) in [4.78, 5) is 39.0. The van der Waals surface area contributed by atoms with E-state index in [0.29, 0.717) is 60.4 Å².